The van der Waals surface area contributed by atoms with Gasteiger partial charge in [-0.2, -0.15) is 37.4 Å². The van der Waals surface area contributed by atoms with E-state index in [4.69, 9.17) is 4.84 Å². The van der Waals surface area contributed by atoms with Crippen LogP contribution in [0.4, 0.5) is 22.0 Å². The summed E-state index contributed by atoms with van der Waals surface area (Å²) in [5.74, 6) is -1.10. The number of nitrogens with one attached hydrogen (secondary N) is 1. The van der Waals surface area contributed by atoms with Gasteiger partial charge in [0.2, 0.25) is 0 Å². The Hall–Kier alpha value is -1.79. The number of sulfone groups is 1. The Labute approximate surface area is 126 Å². The summed E-state index contributed by atoms with van der Waals surface area (Å²) in [7, 11) is -5.60. The van der Waals surface area contributed by atoms with Gasteiger partial charge in [-0.05, 0) is 13.8 Å². The third-order valence-electron chi connectivity index (χ3n) is 3.49. The molecule has 13 heteroatoms. The molecule has 1 aromatic heterocycles. The van der Waals surface area contributed by atoms with Crippen LogP contribution in [0, 0.1) is 5.92 Å². The first-order valence-corrected chi connectivity index (χ1v) is 7.58. The van der Waals surface area contributed by atoms with E-state index >= 15 is 0 Å². The highest BCUT2D eigenvalue weighted by molar-refractivity contribution is 8.07. The average Bonchev–Trinajstić information content (AvgIpc) is 2.95. The van der Waals surface area contributed by atoms with E-state index in [9.17, 15) is 30.4 Å². The number of halogens is 5. The second kappa shape index (κ2) is 4.85. The molecule has 1 aromatic rings. The second-order valence-corrected chi connectivity index (χ2v) is 7.32. The Bertz CT molecular complexity index is 753. The molecule has 2 rings (SSSR count). The standard InChI is InChI=1S/C10H11F5N4O3S/c1-4-7(18-22-8(4,2)3)23(20,21)10(14,15)6-5(9(11,12)13)16-19-17-6/h4H,1-3H3,(H,16,17,19). The number of nitrogens with zero attached hydrogens (tertiary/aromatic N) is 3. The van der Waals surface area contributed by atoms with Gasteiger partial charge in [0.05, 0.1) is 5.92 Å². The Morgan fingerprint density at radius 1 is 1.13 bits per heavy atom. The molecule has 1 unspecified atom stereocenters. The van der Waals surface area contributed by atoms with Gasteiger partial charge in [-0.1, -0.05) is 12.1 Å². The number of aromatic nitrogens is 3. The summed E-state index contributed by atoms with van der Waals surface area (Å²) >= 11 is 0. The fraction of sp³-hybridized carbons (Fsp3) is 0.700. The van der Waals surface area contributed by atoms with Gasteiger partial charge in [-0.3, -0.25) is 0 Å². The zero-order chi connectivity index (χ0) is 17.8. The van der Waals surface area contributed by atoms with Crippen molar-refractivity contribution >= 4 is 14.9 Å². The van der Waals surface area contributed by atoms with Crippen LogP contribution in [0.2, 0.25) is 0 Å². The Morgan fingerprint density at radius 3 is 2.09 bits per heavy atom. The molecule has 0 aromatic carbocycles. The average molecular weight is 362 g/mol. The third-order valence-corrected chi connectivity index (χ3v) is 5.34. The molecule has 1 aliphatic rings. The summed E-state index contributed by atoms with van der Waals surface area (Å²) in [5.41, 5.74) is -5.35. The molecule has 0 amide bonds. The number of hydrogen-bond acceptors (Lipinski definition) is 6. The minimum absolute atomic E-state index is 1.05. The van der Waals surface area contributed by atoms with Crippen LogP contribution in [0.1, 0.15) is 32.2 Å². The first kappa shape index (κ1) is 17.6. The molecule has 0 saturated heterocycles. The first-order valence-electron chi connectivity index (χ1n) is 6.10. The molecular weight excluding hydrogens is 351 g/mol. The van der Waals surface area contributed by atoms with Gasteiger partial charge in [0.25, 0.3) is 9.84 Å². The monoisotopic (exact) mass is 362 g/mol. The lowest BCUT2D eigenvalue weighted by Crippen LogP contribution is -2.40. The van der Waals surface area contributed by atoms with Crippen molar-refractivity contribution in [3.05, 3.63) is 11.4 Å². The maximum atomic E-state index is 14.3. The van der Waals surface area contributed by atoms with Crippen LogP contribution in [0.5, 0.6) is 0 Å². The summed E-state index contributed by atoms with van der Waals surface area (Å²) < 4.78 is 90.8. The summed E-state index contributed by atoms with van der Waals surface area (Å²) in [6, 6.07) is 0. The highest BCUT2D eigenvalue weighted by Gasteiger charge is 2.60. The fourth-order valence-corrected chi connectivity index (χ4v) is 3.33. The van der Waals surface area contributed by atoms with Crippen molar-refractivity contribution in [2.75, 3.05) is 0 Å². The van der Waals surface area contributed by atoms with Crippen LogP contribution in [-0.2, 0) is 26.1 Å². The number of oxime groups is 1. The van der Waals surface area contributed by atoms with E-state index in [1.165, 1.54) is 26.0 Å². The normalized spacial score (nSPS) is 21.9. The SMILES string of the molecule is CC1C(S(=O)(=O)C(F)(F)c2n[nH]nc2C(F)(F)F)=NOC1(C)C. The van der Waals surface area contributed by atoms with Gasteiger partial charge < -0.3 is 4.84 Å². The lowest BCUT2D eigenvalue weighted by Gasteiger charge is -2.22. The van der Waals surface area contributed by atoms with E-state index in [1.54, 1.807) is 0 Å². The van der Waals surface area contributed by atoms with E-state index in [0.29, 0.717) is 0 Å². The van der Waals surface area contributed by atoms with Crippen LogP contribution < -0.4 is 0 Å². The predicted octanol–water partition coefficient (Wildman–Crippen LogP) is 2.05. The van der Waals surface area contributed by atoms with Crippen molar-refractivity contribution < 1.29 is 35.2 Å². The van der Waals surface area contributed by atoms with Crippen LogP contribution in [0.25, 0.3) is 0 Å². The van der Waals surface area contributed by atoms with Crippen molar-refractivity contribution in [2.45, 2.75) is 37.8 Å². The van der Waals surface area contributed by atoms with Crippen molar-refractivity contribution in [3.8, 4) is 0 Å². The van der Waals surface area contributed by atoms with Crippen molar-refractivity contribution in [2.24, 2.45) is 11.1 Å². The molecule has 0 aliphatic carbocycles. The smallest absolute Gasteiger partial charge is 0.388 e. The Kier molecular flexibility index (Phi) is 3.70. The summed E-state index contributed by atoms with van der Waals surface area (Å²) in [6.07, 6.45) is -5.31. The lowest BCUT2D eigenvalue weighted by molar-refractivity contribution is -0.143. The molecular formula is C10H11F5N4O3S. The largest absolute Gasteiger partial charge is 0.437 e. The minimum Gasteiger partial charge on any atom is -0.388 e. The molecule has 2 heterocycles. The third kappa shape index (κ3) is 2.56. The number of H-pyrrole nitrogens is 1. The first-order chi connectivity index (χ1) is 10.2. The highest BCUT2D eigenvalue weighted by Crippen LogP contribution is 2.43. The van der Waals surface area contributed by atoms with Crippen LogP contribution in [0.15, 0.2) is 5.16 Å². The van der Waals surface area contributed by atoms with Crippen molar-refractivity contribution in [1.29, 1.82) is 0 Å². The van der Waals surface area contributed by atoms with Gasteiger partial charge in [-0.25, -0.2) is 8.42 Å². The Balaban J connectivity index is 2.55. The molecule has 1 aliphatic heterocycles. The molecule has 130 valence electrons. The quantitative estimate of drug-likeness (QED) is 0.812. The molecule has 1 atom stereocenters. The van der Waals surface area contributed by atoms with E-state index in [1.807, 2.05) is 0 Å². The Morgan fingerprint density at radius 2 is 1.65 bits per heavy atom. The van der Waals surface area contributed by atoms with Gasteiger partial charge in [0.15, 0.2) is 16.4 Å². The van der Waals surface area contributed by atoms with Crippen LogP contribution in [0.3, 0.4) is 0 Å². The number of hydrogen-bond donors (Lipinski definition) is 1. The maximum absolute atomic E-state index is 14.3. The van der Waals surface area contributed by atoms with Crippen LogP contribution >= 0.6 is 0 Å². The highest BCUT2D eigenvalue weighted by atomic mass is 32.2. The molecule has 1 N–H and O–H groups in total. The molecule has 7 nitrogen and oxygen atoms in total. The fourth-order valence-electron chi connectivity index (χ4n) is 1.79. The van der Waals surface area contributed by atoms with Gasteiger partial charge >= 0.3 is 11.4 Å². The van der Waals surface area contributed by atoms with Crippen molar-refractivity contribution in [1.82, 2.24) is 15.4 Å². The lowest BCUT2D eigenvalue weighted by atomic mass is 9.95. The minimum atomic E-state index is -5.60. The summed E-state index contributed by atoms with van der Waals surface area (Å²) in [5, 5.41) is 3.68. The molecule has 23 heavy (non-hydrogen) atoms. The predicted molar refractivity (Wildman–Crippen MR) is 66.0 cm³/mol. The topological polar surface area (TPSA) is 97.3 Å². The molecule has 0 saturated carbocycles. The van der Waals surface area contributed by atoms with E-state index < -0.39 is 49.2 Å². The molecule has 0 spiro atoms. The second-order valence-electron chi connectivity index (χ2n) is 5.38. The molecule has 0 bridgehead atoms. The maximum Gasteiger partial charge on any atom is 0.437 e. The zero-order valence-electron chi connectivity index (χ0n) is 11.9. The number of alkyl halides is 5. The number of aromatic amines is 1. The summed E-state index contributed by atoms with van der Waals surface area (Å²) in [4.78, 5) is 4.77. The summed E-state index contributed by atoms with van der Waals surface area (Å²) in [6.45, 7) is 4.06. The van der Waals surface area contributed by atoms with E-state index in [0.717, 1.165) is 0 Å². The molecule has 0 fully saturated rings. The van der Waals surface area contributed by atoms with Crippen molar-refractivity contribution in [3.63, 3.8) is 0 Å². The van der Waals surface area contributed by atoms with E-state index in [2.05, 4.69) is 15.4 Å². The van der Waals surface area contributed by atoms with Gasteiger partial charge in [-0.15, -0.1) is 0 Å². The van der Waals surface area contributed by atoms with E-state index in [-0.39, 0.29) is 0 Å². The van der Waals surface area contributed by atoms with Gasteiger partial charge in [0.1, 0.15) is 5.60 Å². The van der Waals surface area contributed by atoms with Crippen LogP contribution in [-0.4, -0.2) is 34.5 Å². The molecule has 0 radical (unpaired) electrons. The van der Waals surface area contributed by atoms with Gasteiger partial charge in [0, 0.05) is 0 Å². The zero-order valence-corrected chi connectivity index (χ0v) is 12.8. The number of rotatable bonds is 2.